The lowest BCUT2D eigenvalue weighted by Gasteiger charge is -2.19. The van der Waals surface area contributed by atoms with Gasteiger partial charge in [-0.1, -0.05) is 71.7 Å². The molecule has 0 heterocycles. The molecule has 11 heteroatoms. The topological polar surface area (TPSA) is 120 Å². The smallest absolute Gasteiger partial charge is 0.211 e. The number of fused-ring (bicyclic) bond motifs is 2. The molecule has 204 valence electrons. The van der Waals surface area contributed by atoms with E-state index < -0.39 is 0 Å². The fourth-order valence-electron chi connectivity index (χ4n) is 4.04. The third-order valence-electron chi connectivity index (χ3n) is 5.96. The Morgan fingerprint density at radius 3 is 1.15 bits per heavy atom. The van der Waals surface area contributed by atoms with Crippen LogP contribution in [0.15, 0.2) is 70.0 Å². The first-order valence-electron chi connectivity index (χ1n) is 12.3. The Bertz CT molecular complexity index is 1250. The summed E-state index contributed by atoms with van der Waals surface area (Å²) in [4.78, 5) is 49.9. The van der Waals surface area contributed by atoms with Gasteiger partial charge in [-0.3, -0.25) is 19.2 Å². The van der Waals surface area contributed by atoms with E-state index in [0.29, 0.717) is 61.8 Å². The van der Waals surface area contributed by atoms with Gasteiger partial charge in [-0.25, -0.2) is 0 Å². The molecule has 0 amide bonds. The van der Waals surface area contributed by atoms with E-state index >= 15 is 0 Å². The lowest BCUT2D eigenvalue weighted by Crippen LogP contribution is -2.31. The van der Waals surface area contributed by atoms with Gasteiger partial charge in [-0.15, -0.1) is 0 Å². The molecule has 0 aromatic heterocycles. The van der Waals surface area contributed by atoms with Gasteiger partial charge in [0.2, 0.25) is 23.1 Å². The van der Waals surface area contributed by atoms with Crippen LogP contribution >= 0.6 is 23.2 Å². The van der Waals surface area contributed by atoms with E-state index in [4.69, 9.17) is 37.4 Å². The fraction of sp³-hybridized carbons (Fsp3) is 0.286. The molecule has 0 atom stereocenters. The first-order chi connectivity index (χ1) is 18.9. The van der Waals surface area contributed by atoms with Crippen LogP contribution in [0.2, 0.25) is 0 Å². The van der Waals surface area contributed by atoms with Crippen molar-refractivity contribution >= 4 is 46.3 Å². The number of hydrogen-bond donors (Lipinski definition) is 2. The minimum absolute atomic E-state index is 0.0784. The van der Waals surface area contributed by atoms with E-state index in [-0.39, 0.29) is 57.8 Å². The summed E-state index contributed by atoms with van der Waals surface area (Å²) < 4.78 is 16.4. The van der Waals surface area contributed by atoms with Gasteiger partial charge in [-0.2, -0.15) is 0 Å². The quantitative estimate of drug-likeness (QED) is 0.328. The number of carbonyl (C=O) groups is 4. The van der Waals surface area contributed by atoms with Crippen molar-refractivity contribution < 1.29 is 33.4 Å². The maximum absolute atomic E-state index is 12.6. The van der Waals surface area contributed by atoms with Crippen molar-refractivity contribution in [2.24, 2.45) is 0 Å². The summed E-state index contributed by atoms with van der Waals surface area (Å²) >= 11 is 12.2. The van der Waals surface area contributed by atoms with E-state index in [2.05, 4.69) is 10.6 Å². The minimum atomic E-state index is -0.383. The number of nitrogens with one attached hydrogen (secondary N) is 2. The highest BCUT2D eigenvalue weighted by atomic mass is 35.5. The first kappa shape index (κ1) is 28.7. The minimum Gasteiger partial charge on any atom is -0.378 e. The molecular formula is C28H26Cl2N2O7. The van der Waals surface area contributed by atoms with Gasteiger partial charge >= 0.3 is 0 Å². The maximum Gasteiger partial charge on any atom is 0.211 e. The fourth-order valence-corrected chi connectivity index (χ4v) is 4.55. The molecule has 4 rings (SSSR count). The van der Waals surface area contributed by atoms with Crippen molar-refractivity contribution in [3.8, 4) is 0 Å². The number of hydrogen-bond acceptors (Lipinski definition) is 9. The molecule has 9 nitrogen and oxygen atoms in total. The van der Waals surface area contributed by atoms with E-state index in [1.165, 1.54) is 0 Å². The zero-order valence-electron chi connectivity index (χ0n) is 20.9. The average molecular weight is 573 g/mol. The Labute approximate surface area is 235 Å². The van der Waals surface area contributed by atoms with Gasteiger partial charge in [-0.05, 0) is 0 Å². The summed E-state index contributed by atoms with van der Waals surface area (Å²) in [7, 11) is 0. The van der Waals surface area contributed by atoms with E-state index in [1.807, 2.05) is 0 Å². The van der Waals surface area contributed by atoms with Crippen molar-refractivity contribution in [3.05, 3.63) is 92.2 Å². The highest BCUT2D eigenvalue weighted by Crippen LogP contribution is 2.28. The lowest BCUT2D eigenvalue weighted by molar-refractivity contribution is 0.0162. The number of benzene rings is 2. The summed E-state index contributed by atoms with van der Waals surface area (Å²) in [5, 5.41) is 5.54. The molecule has 0 aliphatic heterocycles. The van der Waals surface area contributed by atoms with Gasteiger partial charge in [0.15, 0.2) is 0 Å². The van der Waals surface area contributed by atoms with Crippen LogP contribution in [0.25, 0.3) is 0 Å². The van der Waals surface area contributed by atoms with Gasteiger partial charge < -0.3 is 24.8 Å². The third-order valence-corrected chi connectivity index (χ3v) is 6.69. The molecule has 2 aromatic carbocycles. The number of carbonyl (C=O) groups excluding carboxylic acids is 4. The second-order valence-corrected chi connectivity index (χ2v) is 9.23. The third kappa shape index (κ3) is 6.63. The van der Waals surface area contributed by atoms with E-state index in [9.17, 15) is 19.2 Å². The van der Waals surface area contributed by atoms with Crippen LogP contribution < -0.4 is 10.6 Å². The molecule has 0 unspecified atom stereocenters. The van der Waals surface area contributed by atoms with Gasteiger partial charge in [0.1, 0.15) is 21.5 Å². The van der Waals surface area contributed by atoms with Crippen molar-refractivity contribution in [2.75, 3.05) is 52.7 Å². The predicted octanol–water partition coefficient (Wildman–Crippen LogP) is 3.27. The summed E-state index contributed by atoms with van der Waals surface area (Å²) in [5.74, 6) is -1.41. The molecule has 2 N–H and O–H groups in total. The first-order valence-corrected chi connectivity index (χ1v) is 13.0. The summed E-state index contributed by atoms with van der Waals surface area (Å²) in [6, 6.07) is 13.1. The Morgan fingerprint density at radius 1 is 0.487 bits per heavy atom. The van der Waals surface area contributed by atoms with Gasteiger partial charge in [0.25, 0.3) is 0 Å². The van der Waals surface area contributed by atoms with Crippen molar-refractivity contribution in [2.45, 2.75) is 0 Å². The molecule has 0 saturated carbocycles. The van der Waals surface area contributed by atoms with E-state index in [1.54, 1.807) is 48.5 Å². The Balaban J connectivity index is 1.04. The van der Waals surface area contributed by atoms with Crippen LogP contribution in [-0.2, 0) is 14.2 Å². The average Bonchev–Trinajstić information content (AvgIpc) is 2.96. The lowest BCUT2D eigenvalue weighted by atomic mass is 9.92. The second-order valence-electron chi connectivity index (χ2n) is 8.48. The van der Waals surface area contributed by atoms with Crippen LogP contribution in [0.1, 0.15) is 41.4 Å². The standard InChI is InChI=1S/C28H26Cl2N2O7/c29-21-23(27(35)19-7-3-1-5-17(19)25(21)33)31-9-11-37-13-15-39-16-14-38-12-10-32-24-22(30)26(34)18-6-2-4-8-20(18)28(24)36/h1-8,31-32H,9-16H2. The SMILES string of the molecule is O=C1C(Cl)=C(NCCOCCOCCOCCNC2=C(Cl)C(=O)c3ccccc3C2=O)C(=O)c2ccccc21. The second kappa shape index (κ2) is 13.6. The molecule has 0 saturated heterocycles. The molecule has 2 aliphatic carbocycles. The largest absolute Gasteiger partial charge is 0.378 e. The van der Waals surface area contributed by atoms with Crippen LogP contribution in [0.4, 0.5) is 0 Å². The molecule has 0 spiro atoms. The Hall–Kier alpha value is -3.34. The molecule has 0 radical (unpaired) electrons. The summed E-state index contributed by atoms with van der Waals surface area (Å²) in [6.07, 6.45) is 0. The van der Waals surface area contributed by atoms with Crippen LogP contribution in [0.3, 0.4) is 0 Å². The zero-order valence-corrected chi connectivity index (χ0v) is 22.4. The van der Waals surface area contributed by atoms with Crippen molar-refractivity contribution in [1.29, 1.82) is 0 Å². The molecule has 2 aliphatic rings. The van der Waals surface area contributed by atoms with Crippen LogP contribution in [0, 0.1) is 0 Å². The zero-order chi connectivity index (χ0) is 27.8. The van der Waals surface area contributed by atoms with Gasteiger partial charge in [0.05, 0.1) is 39.6 Å². The van der Waals surface area contributed by atoms with Crippen LogP contribution in [0.5, 0.6) is 0 Å². The number of ketones is 4. The van der Waals surface area contributed by atoms with Gasteiger partial charge in [0, 0.05) is 35.3 Å². The predicted molar refractivity (Wildman–Crippen MR) is 144 cm³/mol. The van der Waals surface area contributed by atoms with Crippen molar-refractivity contribution in [1.82, 2.24) is 10.6 Å². The summed E-state index contributed by atoms with van der Waals surface area (Å²) in [6.45, 7) is 2.50. The van der Waals surface area contributed by atoms with Crippen molar-refractivity contribution in [3.63, 3.8) is 0 Å². The number of allylic oxidation sites excluding steroid dienone is 4. The van der Waals surface area contributed by atoms with E-state index in [0.717, 1.165) is 0 Å². The monoisotopic (exact) mass is 572 g/mol. The number of halogens is 2. The Morgan fingerprint density at radius 2 is 0.795 bits per heavy atom. The maximum atomic E-state index is 12.6. The molecule has 0 fully saturated rings. The van der Waals surface area contributed by atoms with Crippen LogP contribution in [-0.4, -0.2) is 75.9 Å². The highest BCUT2D eigenvalue weighted by Gasteiger charge is 2.32. The normalized spacial score (nSPS) is 15.0. The molecule has 2 aromatic rings. The molecular weight excluding hydrogens is 547 g/mol. The Kier molecular flexibility index (Phi) is 10.0. The number of ether oxygens (including phenoxy) is 3. The summed E-state index contributed by atoms with van der Waals surface area (Å²) in [5.41, 5.74) is 1.41. The molecule has 0 bridgehead atoms. The number of Topliss-reactive ketones (excluding diaryl/α,β-unsaturated/α-hetero) is 4. The highest BCUT2D eigenvalue weighted by molar-refractivity contribution is 6.50. The molecule has 39 heavy (non-hydrogen) atoms. The number of rotatable bonds is 14.